The summed E-state index contributed by atoms with van der Waals surface area (Å²) in [4.78, 5) is 3.57. The molecule has 0 aliphatic rings. The molecule has 0 amide bonds. The average Bonchev–Trinajstić information content (AvgIpc) is 1.05. The number of para-hydroxylation sites is 6. The van der Waals surface area contributed by atoms with E-state index in [-0.39, 0.29) is 39.1 Å². The van der Waals surface area contributed by atoms with Gasteiger partial charge in [-0.05, 0) is 230 Å². The van der Waals surface area contributed by atoms with Crippen LogP contribution in [0.1, 0.15) is 78.1 Å². The Labute approximate surface area is 739 Å². The molecule has 0 atom stereocenters. The summed E-state index contributed by atoms with van der Waals surface area (Å²) in [5, 5.41) is 126. The predicted octanol–water partition coefficient (Wildman–Crippen LogP) is 26.2. The summed E-state index contributed by atoms with van der Waals surface area (Å²) in [6.45, 7) is 12.7. The zero-order valence-electron chi connectivity index (χ0n) is 68.5. The molecule has 2 heterocycles. The monoisotopic (exact) mass is 1700 g/mol. The van der Waals surface area contributed by atoms with Crippen LogP contribution < -0.4 is 31.9 Å². The minimum atomic E-state index is -4.49. The number of anilines is 11. The number of benzene rings is 10. The molecule has 0 bridgehead atoms. The summed E-state index contributed by atoms with van der Waals surface area (Å²) in [6, 6.07) is 94.7. The molecule has 0 spiro atoms. The maximum Gasteiger partial charge on any atom is 0.417 e. The number of aromatic nitrogens is 1. The number of hydrogen-bond acceptors (Lipinski definition) is 20. The van der Waals surface area contributed by atoms with Gasteiger partial charge in [-0.3, -0.25) is 4.98 Å². The van der Waals surface area contributed by atoms with Gasteiger partial charge in [0.25, 0.3) is 0 Å². The maximum absolute atomic E-state index is 12.7. The quantitative estimate of drug-likeness (QED) is 0.0409. The summed E-state index contributed by atoms with van der Waals surface area (Å²) >= 11 is 12.5. The molecule has 25 heteroatoms. The first-order chi connectivity index (χ1) is 60.9. The molecule has 10 aromatic carbocycles. The van der Waals surface area contributed by atoms with Gasteiger partial charge in [0.15, 0.2) is 0 Å². The molecule has 0 saturated heterocycles. The molecule has 0 aliphatic carbocycles. The van der Waals surface area contributed by atoms with Gasteiger partial charge < -0.3 is 36.3 Å². The van der Waals surface area contributed by atoms with Crippen LogP contribution in [0.3, 0.4) is 0 Å². The Morgan fingerprint density at radius 2 is 0.675 bits per heavy atom. The topological polar surface area (TPSA) is 384 Å². The van der Waals surface area contributed by atoms with Crippen molar-refractivity contribution in [2.45, 2.75) is 54.3 Å². The Kier molecular flexibility index (Phi) is 37.4. The van der Waals surface area contributed by atoms with Crippen molar-refractivity contribution < 1.29 is 17.6 Å². The lowest BCUT2D eigenvalue weighted by Crippen LogP contribution is -2.06. The third-order valence-electron chi connectivity index (χ3n) is 18.0. The number of furan rings is 1. The summed E-state index contributed by atoms with van der Waals surface area (Å²) < 4.78 is 43.3. The Morgan fingerprint density at radius 1 is 0.341 bits per heavy atom. The summed E-state index contributed by atoms with van der Waals surface area (Å²) in [5.41, 5.74) is 19.0. The Morgan fingerprint density at radius 3 is 1.03 bits per heavy atom. The molecular formula is C101H74Cl2F3N19O. The molecule has 126 heavy (non-hydrogen) atoms. The fraction of sp³-hybridized carbons (Fsp3) is 0.0792. The van der Waals surface area contributed by atoms with Crippen molar-refractivity contribution in [3.8, 4) is 72.8 Å². The van der Waals surface area contributed by atoms with Crippen molar-refractivity contribution in [1.82, 2.24) is 4.98 Å². The summed E-state index contributed by atoms with van der Waals surface area (Å²) in [5.74, 6) is 0.819. The molecule has 20 nitrogen and oxygen atoms in total. The number of hydrogen-bond donors (Lipinski definition) is 6. The van der Waals surface area contributed by atoms with Crippen molar-refractivity contribution in [3.63, 3.8) is 0 Å². The molecule has 12 rings (SSSR count). The highest BCUT2D eigenvalue weighted by molar-refractivity contribution is 6.39. The van der Waals surface area contributed by atoms with Gasteiger partial charge in [-0.25, -0.2) is 0 Å². The van der Waals surface area contributed by atoms with E-state index in [2.05, 4.69) is 76.7 Å². The number of aryl methyl sites for hydroxylation is 4. The lowest BCUT2D eigenvalue weighted by atomic mass is 10.1. The normalized spacial score (nSPS) is 9.48. The molecule has 0 saturated carbocycles. The molecule has 2 aromatic heterocycles. The van der Waals surface area contributed by atoms with E-state index in [1.54, 1.807) is 79.1 Å². The van der Waals surface area contributed by atoms with E-state index < -0.39 is 11.7 Å². The van der Waals surface area contributed by atoms with Gasteiger partial charge in [-0.15, -0.1) is 0 Å². The van der Waals surface area contributed by atoms with Gasteiger partial charge in [0.2, 0.25) is 0 Å². The first-order valence-electron chi connectivity index (χ1n) is 37.8. The molecule has 0 unspecified atom stereocenters. The maximum atomic E-state index is 12.7. The largest absolute Gasteiger partial charge is 0.467 e. The number of pyridine rings is 1. The SMILES string of the molecule is Cc1ccc(Cl)c(Nc2ccccc2C=C(C#N)C#N)c1Cl.Cc1cccc(Nc2ccccc2C=C(C#N)C#N)c1.Cc1cccc(Nc2ccccc2C=C(C#N)C#N)c1C.Cc1cccc(Nc2ccccc2C=C(C#N)C#N)c1C.N#CC(C#N)=Cc1ccccc1NCc1ccco1.N#CC(C#N)=Cc1ccccc1Nc1cncc(C(F)(F)F)c1. The number of halogens is 5. The van der Waals surface area contributed by atoms with E-state index in [1.807, 2.05) is 257 Å². The fourth-order valence-electron chi connectivity index (χ4n) is 11.2. The van der Waals surface area contributed by atoms with Crippen LogP contribution in [0.2, 0.25) is 10.0 Å². The lowest BCUT2D eigenvalue weighted by Gasteiger charge is -2.14. The molecule has 6 N–H and O–H groups in total. The van der Waals surface area contributed by atoms with E-state index in [0.717, 1.165) is 91.2 Å². The Hall–Kier alpha value is -17.9. The highest BCUT2D eigenvalue weighted by Crippen LogP contribution is 2.38. The zero-order valence-corrected chi connectivity index (χ0v) is 70.0. The smallest absolute Gasteiger partial charge is 0.417 e. The van der Waals surface area contributed by atoms with E-state index in [9.17, 15) is 13.2 Å². The molecule has 0 radical (unpaired) electrons. The van der Waals surface area contributed by atoms with Crippen LogP contribution in [0.25, 0.3) is 36.5 Å². The second-order valence-electron chi connectivity index (χ2n) is 26.6. The van der Waals surface area contributed by atoms with Crippen LogP contribution in [0.4, 0.5) is 75.7 Å². The number of nitrogens with zero attached hydrogens (tertiary/aromatic N) is 13. The third kappa shape index (κ3) is 29.6. The highest BCUT2D eigenvalue weighted by atomic mass is 35.5. The fourth-order valence-corrected chi connectivity index (χ4v) is 11.7. The summed E-state index contributed by atoms with van der Waals surface area (Å²) in [7, 11) is 0. The van der Waals surface area contributed by atoms with Crippen molar-refractivity contribution in [2.24, 2.45) is 0 Å². The third-order valence-corrected chi connectivity index (χ3v) is 18.8. The molecule has 0 fully saturated rings. The van der Waals surface area contributed by atoms with E-state index in [4.69, 9.17) is 90.8 Å². The van der Waals surface area contributed by atoms with E-state index >= 15 is 0 Å². The van der Waals surface area contributed by atoms with Crippen LogP contribution in [-0.4, -0.2) is 4.98 Å². The number of allylic oxidation sites excluding steroid dienone is 6. The van der Waals surface area contributed by atoms with Crippen molar-refractivity contribution in [1.29, 1.82) is 63.1 Å². The van der Waals surface area contributed by atoms with Crippen molar-refractivity contribution in [2.75, 3.05) is 31.9 Å². The van der Waals surface area contributed by atoms with Crippen LogP contribution in [0.15, 0.2) is 293 Å². The highest BCUT2D eigenvalue weighted by Gasteiger charge is 2.31. The van der Waals surface area contributed by atoms with E-state index in [1.165, 1.54) is 40.6 Å². The summed E-state index contributed by atoms with van der Waals surface area (Å²) in [6.07, 6.45) is 8.31. The minimum absolute atomic E-state index is 0.0238. The van der Waals surface area contributed by atoms with Crippen molar-refractivity contribution in [3.05, 3.63) is 377 Å². The second kappa shape index (κ2) is 49.5. The van der Waals surface area contributed by atoms with Gasteiger partial charge in [-0.2, -0.15) is 76.3 Å². The standard InChI is InChI=1S/2C18H15N3.C17H11Cl2N3.C17H13N3.C16H9F3N4.C15H11N3O/c2*1-13-6-5-9-17(14(13)2)21-18-8-4-3-7-16(18)10-15(11-19)12-20;1-11-6-7-14(18)17(16(11)19)22-15-5-3-2-4-13(15)8-12(9-20)10-21;1-13-5-4-7-16(9-13)20-17-8-3-2-6-15(17)10-14(11-18)12-19;17-16(18,19)13-6-14(10-22-9-13)23-15-4-2-1-3-12(15)5-11(7-20)8-21;16-9-12(10-17)8-13-4-1-2-6-15(13)18-11-14-5-3-7-19-14/h2*3-10,21H,1-2H3;2-8,22H,1H3;2-10,20H,1H3;1-6,9-10,23H;1-8,18H,11H2. The molecular weight excluding hydrogens is 1620 g/mol. The zero-order chi connectivity index (χ0) is 91.3. The number of nitrogens with one attached hydrogen (secondary N) is 6. The Balaban J connectivity index is 0.000000208. The van der Waals surface area contributed by atoms with Crippen molar-refractivity contribution >= 4 is 122 Å². The van der Waals surface area contributed by atoms with Crippen LogP contribution in [-0.2, 0) is 12.7 Å². The van der Waals surface area contributed by atoms with E-state index in [0.29, 0.717) is 44.8 Å². The molecule has 0 aliphatic heterocycles. The molecule has 12 aromatic rings. The lowest BCUT2D eigenvalue weighted by molar-refractivity contribution is -0.137. The molecule has 614 valence electrons. The van der Waals surface area contributed by atoms with Crippen LogP contribution in [0, 0.1) is 178 Å². The first-order valence-corrected chi connectivity index (χ1v) is 38.6. The van der Waals surface area contributed by atoms with Gasteiger partial charge in [0.1, 0.15) is 112 Å². The second-order valence-corrected chi connectivity index (χ2v) is 27.4. The van der Waals surface area contributed by atoms with Gasteiger partial charge >= 0.3 is 6.18 Å². The number of nitriles is 12. The average molecular weight is 1700 g/mol. The van der Waals surface area contributed by atoms with Gasteiger partial charge in [0, 0.05) is 57.4 Å². The van der Waals surface area contributed by atoms with Gasteiger partial charge in [0.05, 0.1) is 46.0 Å². The number of rotatable bonds is 19. The predicted molar refractivity (Wildman–Crippen MR) is 490 cm³/mol. The first kappa shape index (κ1) is 95.3. The van der Waals surface area contributed by atoms with Crippen LogP contribution in [0.5, 0.6) is 0 Å². The minimum Gasteiger partial charge on any atom is -0.467 e. The van der Waals surface area contributed by atoms with Gasteiger partial charge in [-0.1, -0.05) is 175 Å². The number of alkyl halides is 3. The Bertz CT molecular complexity index is 6440. The van der Waals surface area contributed by atoms with Crippen LogP contribution >= 0.6 is 23.2 Å².